The fraction of sp³-hybridized carbons (Fsp3) is 0.188. The van der Waals surface area contributed by atoms with Crippen molar-refractivity contribution in [2.75, 3.05) is 20.2 Å². The van der Waals surface area contributed by atoms with Gasteiger partial charge in [0.2, 0.25) is 0 Å². The standard InChI is InChI=1S/C16H14N2OS2/c1-3-13-14(18-8-7-17-16(18)21-13)10-4-5-12(19-2)15-11(10)6-9-20-15/h3-6,9H,1,7-8H2,2H3. The molecule has 3 nitrogen and oxygen atoms in total. The number of aliphatic imine (C=N–C) groups is 1. The number of rotatable bonds is 3. The van der Waals surface area contributed by atoms with Gasteiger partial charge in [-0.15, -0.1) is 11.3 Å². The van der Waals surface area contributed by atoms with E-state index < -0.39 is 0 Å². The highest BCUT2D eigenvalue weighted by atomic mass is 32.2. The minimum atomic E-state index is 0.874. The van der Waals surface area contributed by atoms with Gasteiger partial charge in [0, 0.05) is 22.4 Å². The lowest BCUT2D eigenvalue weighted by Crippen LogP contribution is -2.20. The minimum Gasteiger partial charge on any atom is -0.495 e. The second-order valence-corrected chi connectivity index (χ2v) is 6.74. The van der Waals surface area contributed by atoms with Crippen molar-refractivity contribution in [3.63, 3.8) is 0 Å². The Balaban J connectivity index is 1.96. The summed E-state index contributed by atoms with van der Waals surface area (Å²) in [6.07, 6.45) is 1.93. The highest BCUT2D eigenvalue weighted by Crippen LogP contribution is 2.45. The number of benzene rings is 1. The van der Waals surface area contributed by atoms with Crippen LogP contribution in [0.15, 0.2) is 46.1 Å². The van der Waals surface area contributed by atoms with Crippen LogP contribution in [0.5, 0.6) is 5.75 Å². The molecule has 1 aromatic carbocycles. The second-order valence-electron chi connectivity index (χ2n) is 4.81. The summed E-state index contributed by atoms with van der Waals surface area (Å²) in [5.74, 6) is 0.936. The van der Waals surface area contributed by atoms with E-state index in [9.17, 15) is 0 Å². The topological polar surface area (TPSA) is 24.8 Å². The Morgan fingerprint density at radius 2 is 2.29 bits per heavy atom. The predicted molar refractivity (Wildman–Crippen MR) is 92.1 cm³/mol. The molecule has 0 spiro atoms. The molecule has 0 unspecified atom stereocenters. The number of hydrogen-bond acceptors (Lipinski definition) is 5. The van der Waals surface area contributed by atoms with E-state index in [1.165, 1.54) is 26.3 Å². The molecule has 0 radical (unpaired) electrons. The van der Waals surface area contributed by atoms with Crippen molar-refractivity contribution >= 4 is 44.0 Å². The van der Waals surface area contributed by atoms with Gasteiger partial charge in [0.05, 0.1) is 24.1 Å². The van der Waals surface area contributed by atoms with Crippen LogP contribution in [-0.4, -0.2) is 30.3 Å². The third kappa shape index (κ3) is 1.84. The maximum Gasteiger partial charge on any atom is 0.168 e. The molecule has 2 aliphatic rings. The summed E-state index contributed by atoms with van der Waals surface area (Å²) in [7, 11) is 1.72. The molecule has 3 heterocycles. The fourth-order valence-corrected chi connectivity index (χ4v) is 4.78. The Labute approximate surface area is 131 Å². The molecule has 0 bridgehead atoms. The number of nitrogens with zero attached hydrogens (tertiary/aromatic N) is 2. The number of fused-ring (bicyclic) bond motifs is 2. The Kier molecular flexibility index (Phi) is 3.05. The molecule has 0 saturated heterocycles. The molecule has 0 saturated carbocycles. The van der Waals surface area contributed by atoms with Crippen LogP contribution in [0.1, 0.15) is 5.56 Å². The first-order valence-corrected chi connectivity index (χ1v) is 8.44. The van der Waals surface area contributed by atoms with E-state index in [2.05, 4.69) is 40.1 Å². The van der Waals surface area contributed by atoms with E-state index in [1.807, 2.05) is 6.08 Å². The molecule has 1 aromatic heterocycles. The number of hydrogen-bond donors (Lipinski definition) is 0. The van der Waals surface area contributed by atoms with Gasteiger partial charge >= 0.3 is 0 Å². The lowest BCUT2D eigenvalue weighted by atomic mass is 10.1. The van der Waals surface area contributed by atoms with Gasteiger partial charge in [-0.1, -0.05) is 12.7 Å². The van der Waals surface area contributed by atoms with Crippen LogP contribution < -0.4 is 4.74 Å². The average Bonchev–Trinajstić information content (AvgIpc) is 3.20. The first kappa shape index (κ1) is 13.0. The summed E-state index contributed by atoms with van der Waals surface area (Å²) < 4.78 is 6.67. The minimum absolute atomic E-state index is 0.874. The first-order chi connectivity index (χ1) is 10.3. The van der Waals surface area contributed by atoms with Gasteiger partial charge < -0.3 is 9.64 Å². The van der Waals surface area contributed by atoms with Crippen LogP contribution >= 0.6 is 23.1 Å². The van der Waals surface area contributed by atoms with Gasteiger partial charge in [-0.05, 0) is 35.3 Å². The van der Waals surface area contributed by atoms with Crippen molar-refractivity contribution in [2.24, 2.45) is 4.99 Å². The zero-order chi connectivity index (χ0) is 14.4. The zero-order valence-electron chi connectivity index (χ0n) is 11.6. The molecule has 0 amide bonds. The van der Waals surface area contributed by atoms with Crippen molar-refractivity contribution in [1.82, 2.24) is 4.90 Å². The lowest BCUT2D eigenvalue weighted by Gasteiger charge is -2.18. The molecule has 0 atom stereocenters. The Morgan fingerprint density at radius 3 is 3.10 bits per heavy atom. The second kappa shape index (κ2) is 4.93. The van der Waals surface area contributed by atoms with E-state index in [0.717, 1.165) is 24.0 Å². The third-order valence-electron chi connectivity index (χ3n) is 3.75. The van der Waals surface area contributed by atoms with E-state index in [-0.39, 0.29) is 0 Å². The number of thiophene rings is 1. The van der Waals surface area contributed by atoms with Gasteiger partial charge in [-0.3, -0.25) is 4.99 Å². The molecule has 21 heavy (non-hydrogen) atoms. The average molecular weight is 314 g/mol. The van der Waals surface area contributed by atoms with Gasteiger partial charge in [0.15, 0.2) is 5.17 Å². The number of ether oxygens (including phenoxy) is 1. The Morgan fingerprint density at radius 1 is 1.38 bits per heavy atom. The summed E-state index contributed by atoms with van der Waals surface area (Å²) in [5, 5.41) is 4.45. The predicted octanol–water partition coefficient (Wildman–Crippen LogP) is 4.18. The normalized spacial score (nSPS) is 17.4. The summed E-state index contributed by atoms with van der Waals surface area (Å²) in [4.78, 5) is 8.06. The lowest BCUT2D eigenvalue weighted by molar-refractivity contribution is 0.420. The summed E-state index contributed by atoms with van der Waals surface area (Å²) in [6.45, 7) is 5.79. The van der Waals surface area contributed by atoms with Crippen LogP contribution in [0.2, 0.25) is 0 Å². The van der Waals surface area contributed by atoms with Crippen molar-refractivity contribution in [2.45, 2.75) is 0 Å². The molecule has 5 heteroatoms. The quantitative estimate of drug-likeness (QED) is 0.849. The first-order valence-electron chi connectivity index (χ1n) is 6.74. The molecule has 2 aliphatic heterocycles. The Bertz CT molecular complexity index is 804. The molecular formula is C16H14N2OS2. The molecule has 0 aliphatic carbocycles. The maximum absolute atomic E-state index is 5.47. The Hall–Kier alpha value is -1.72. The molecule has 0 fully saturated rings. The SMILES string of the molecule is C=CC1=C(c2ccc(OC)c3sccc23)N2CCN=C2S1. The van der Waals surface area contributed by atoms with Gasteiger partial charge in [0.25, 0.3) is 0 Å². The molecule has 0 N–H and O–H groups in total. The van der Waals surface area contributed by atoms with Crippen molar-refractivity contribution in [1.29, 1.82) is 0 Å². The molecule has 4 rings (SSSR count). The van der Waals surface area contributed by atoms with E-state index in [1.54, 1.807) is 30.2 Å². The molecule has 2 aromatic rings. The van der Waals surface area contributed by atoms with Crippen molar-refractivity contribution in [3.05, 3.63) is 46.7 Å². The van der Waals surface area contributed by atoms with Gasteiger partial charge in [0.1, 0.15) is 5.75 Å². The zero-order valence-corrected chi connectivity index (χ0v) is 13.3. The van der Waals surface area contributed by atoms with Crippen LogP contribution in [0, 0.1) is 0 Å². The van der Waals surface area contributed by atoms with E-state index in [0.29, 0.717) is 0 Å². The highest BCUT2D eigenvalue weighted by molar-refractivity contribution is 8.17. The van der Waals surface area contributed by atoms with Crippen LogP contribution in [-0.2, 0) is 0 Å². The summed E-state index contributed by atoms with van der Waals surface area (Å²) in [6, 6.07) is 6.37. The number of methoxy groups -OCH3 is 1. The van der Waals surface area contributed by atoms with Gasteiger partial charge in [-0.2, -0.15) is 0 Å². The third-order valence-corrected chi connectivity index (χ3v) is 5.79. The number of thioether (sulfide) groups is 1. The molecular weight excluding hydrogens is 300 g/mol. The van der Waals surface area contributed by atoms with Crippen LogP contribution in [0.4, 0.5) is 0 Å². The van der Waals surface area contributed by atoms with Crippen LogP contribution in [0.25, 0.3) is 15.8 Å². The number of allylic oxidation sites excluding steroid dienone is 1. The van der Waals surface area contributed by atoms with E-state index in [4.69, 9.17) is 4.74 Å². The molecule has 106 valence electrons. The van der Waals surface area contributed by atoms with Crippen molar-refractivity contribution < 1.29 is 4.74 Å². The maximum atomic E-state index is 5.47. The summed E-state index contributed by atoms with van der Waals surface area (Å²) in [5.41, 5.74) is 2.47. The summed E-state index contributed by atoms with van der Waals surface area (Å²) >= 11 is 3.43. The largest absolute Gasteiger partial charge is 0.495 e. The highest BCUT2D eigenvalue weighted by Gasteiger charge is 2.32. The van der Waals surface area contributed by atoms with E-state index >= 15 is 0 Å². The van der Waals surface area contributed by atoms with Gasteiger partial charge in [-0.25, -0.2) is 0 Å². The van der Waals surface area contributed by atoms with Crippen molar-refractivity contribution in [3.8, 4) is 5.75 Å². The fourth-order valence-electron chi connectivity index (χ4n) is 2.82. The monoisotopic (exact) mass is 314 g/mol. The van der Waals surface area contributed by atoms with Crippen LogP contribution in [0.3, 0.4) is 0 Å². The smallest absolute Gasteiger partial charge is 0.168 e. The number of amidine groups is 1.